The summed E-state index contributed by atoms with van der Waals surface area (Å²) in [5, 5.41) is 3.60. The first-order valence-corrected chi connectivity index (χ1v) is 8.74. The molecule has 2 rings (SSSR count). The van der Waals surface area contributed by atoms with E-state index >= 15 is 0 Å². The van der Waals surface area contributed by atoms with Crippen LogP contribution in [0.5, 0.6) is 0 Å². The van der Waals surface area contributed by atoms with Crippen molar-refractivity contribution in [2.24, 2.45) is 0 Å². The second-order valence-electron chi connectivity index (χ2n) is 4.47. The van der Waals surface area contributed by atoms with Crippen LogP contribution in [0.25, 0.3) is 0 Å². The van der Waals surface area contributed by atoms with Crippen molar-refractivity contribution in [3.63, 3.8) is 0 Å². The van der Waals surface area contributed by atoms with E-state index in [2.05, 4.69) is 81.4 Å². The van der Waals surface area contributed by atoms with Gasteiger partial charge in [0.1, 0.15) is 0 Å². The largest absolute Gasteiger partial charge is 0.310 e. The van der Waals surface area contributed by atoms with E-state index in [1.807, 2.05) is 11.3 Å². The van der Waals surface area contributed by atoms with Gasteiger partial charge in [-0.2, -0.15) is 0 Å². The average molecular weight is 403 g/mol. The molecule has 1 atom stereocenters. The zero-order valence-corrected chi connectivity index (χ0v) is 15.0. The van der Waals surface area contributed by atoms with E-state index in [4.69, 9.17) is 0 Å². The molecular weight excluding hydrogens is 386 g/mol. The summed E-state index contributed by atoms with van der Waals surface area (Å²) in [5.41, 5.74) is 2.70. The highest BCUT2D eigenvalue weighted by atomic mass is 79.9. The standard InChI is InChI=1S/C15H17Br2NS/c1-3-18-14(9-11-7-8-15(17)19-11)12-5-4-6-13(16)10(12)2/h4-8,14,18H,3,9H2,1-2H3. The monoisotopic (exact) mass is 401 g/mol. The highest BCUT2D eigenvalue weighted by Gasteiger charge is 2.15. The van der Waals surface area contributed by atoms with Crippen LogP contribution in [0.3, 0.4) is 0 Å². The minimum Gasteiger partial charge on any atom is -0.310 e. The van der Waals surface area contributed by atoms with E-state index in [0.717, 1.165) is 13.0 Å². The van der Waals surface area contributed by atoms with E-state index in [1.165, 1.54) is 24.3 Å². The molecule has 4 heteroatoms. The van der Waals surface area contributed by atoms with Crippen LogP contribution in [0.4, 0.5) is 0 Å². The molecule has 1 heterocycles. The molecule has 0 amide bonds. The van der Waals surface area contributed by atoms with Crippen LogP contribution in [0.15, 0.2) is 38.6 Å². The number of benzene rings is 1. The minimum absolute atomic E-state index is 0.369. The Hall–Kier alpha value is -0.160. The quantitative estimate of drug-likeness (QED) is 0.698. The van der Waals surface area contributed by atoms with E-state index in [9.17, 15) is 0 Å². The SMILES string of the molecule is CCNC(Cc1ccc(Br)s1)c1cccc(Br)c1C. The predicted molar refractivity (Wildman–Crippen MR) is 91.0 cm³/mol. The average Bonchev–Trinajstić information content (AvgIpc) is 2.78. The van der Waals surface area contributed by atoms with E-state index in [0.29, 0.717) is 6.04 Å². The lowest BCUT2D eigenvalue weighted by atomic mass is 9.98. The molecule has 0 spiro atoms. The summed E-state index contributed by atoms with van der Waals surface area (Å²) in [6.07, 6.45) is 1.03. The van der Waals surface area contributed by atoms with Gasteiger partial charge in [0.05, 0.1) is 3.79 Å². The van der Waals surface area contributed by atoms with Gasteiger partial charge in [0, 0.05) is 21.8 Å². The number of halogens is 2. The summed E-state index contributed by atoms with van der Waals surface area (Å²) in [6, 6.07) is 11.1. The third kappa shape index (κ3) is 3.91. The molecule has 19 heavy (non-hydrogen) atoms. The van der Waals surface area contributed by atoms with Crippen molar-refractivity contribution in [2.75, 3.05) is 6.54 Å². The third-order valence-corrected chi connectivity index (χ3v) is 5.67. The first kappa shape index (κ1) is 15.2. The van der Waals surface area contributed by atoms with Gasteiger partial charge in [-0.25, -0.2) is 0 Å². The summed E-state index contributed by atoms with van der Waals surface area (Å²) in [7, 11) is 0. The molecule has 0 aliphatic rings. The second kappa shape index (κ2) is 7.02. The molecule has 1 aromatic carbocycles. The molecule has 0 bridgehead atoms. The number of hydrogen-bond acceptors (Lipinski definition) is 2. The van der Waals surface area contributed by atoms with E-state index in [1.54, 1.807) is 0 Å². The molecule has 0 radical (unpaired) electrons. The molecule has 0 fully saturated rings. The van der Waals surface area contributed by atoms with Crippen molar-refractivity contribution in [1.82, 2.24) is 5.32 Å². The molecule has 0 saturated carbocycles. The summed E-state index contributed by atoms with van der Waals surface area (Å²) >= 11 is 8.97. The van der Waals surface area contributed by atoms with Gasteiger partial charge < -0.3 is 5.32 Å². The lowest BCUT2D eigenvalue weighted by Crippen LogP contribution is -2.23. The molecule has 1 N–H and O–H groups in total. The minimum atomic E-state index is 0.369. The summed E-state index contributed by atoms with van der Waals surface area (Å²) in [4.78, 5) is 1.40. The Bertz CT molecular complexity index is 551. The first-order chi connectivity index (χ1) is 9.11. The predicted octanol–water partition coefficient (Wildman–Crippen LogP) is 5.47. The fourth-order valence-corrected chi connectivity index (χ4v) is 4.11. The van der Waals surface area contributed by atoms with Crippen molar-refractivity contribution in [1.29, 1.82) is 0 Å². The fourth-order valence-electron chi connectivity index (χ4n) is 2.20. The molecule has 102 valence electrons. The van der Waals surface area contributed by atoms with Crippen LogP contribution < -0.4 is 5.32 Å². The zero-order valence-electron chi connectivity index (χ0n) is 11.0. The number of thiophene rings is 1. The van der Waals surface area contributed by atoms with Crippen molar-refractivity contribution < 1.29 is 0 Å². The van der Waals surface area contributed by atoms with Gasteiger partial charge in [-0.3, -0.25) is 0 Å². The summed E-state index contributed by atoms with van der Waals surface area (Å²) < 4.78 is 2.38. The highest BCUT2D eigenvalue weighted by Crippen LogP contribution is 2.30. The normalized spacial score (nSPS) is 12.6. The topological polar surface area (TPSA) is 12.0 Å². The molecule has 1 aromatic heterocycles. The van der Waals surface area contributed by atoms with Crippen molar-refractivity contribution in [2.45, 2.75) is 26.3 Å². The smallest absolute Gasteiger partial charge is 0.0701 e. The molecule has 1 nitrogen and oxygen atoms in total. The molecule has 2 aromatic rings. The highest BCUT2D eigenvalue weighted by molar-refractivity contribution is 9.11. The summed E-state index contributed by atoms with van der Waals surface area (Å²) in [6.45, 7) is 5.31. The lowest BCUT2D eigenvalue weighted by molar-refractivity contribution is 0.550. The maximum Gasteiger partial charge on any atom is 0.0701 e. The molecular formula is C15H17Br2NS. The van der Waals surface area contributed by atoms with Gasteiger partial charge in [-0.15, -0.1) is 11.3 Å². The zero-order chi connectivity index (χ0) is 13.8. The Morgan fingerprint density at radius 2 is 2.00 bits per heavy atom. The number of rotatable bonds is 5. The number of nitrogens with one attached hydrogen (secondary N) is 1. The molecule has 0 aliphatic heterocycles. The van der Waals surface area contributed by atoms with Crippen molar-refractivity contribution in [3.05, 3.63) is 54.6 Å². The van der Waals surface area contributed by atoms with Crippen LogP contribution in [-0.2, 0) is 6.42 Å². The third-order valence-electron chi connectivity index (χ3n) is 3.17. The van der Waals surface area contributed by atoms with Crippen molar-refractivity contribution >= 4 is 43.2 Å². The van der Waals surface area contributed by atoms with Crippen LogP contribution >= 0.6 is 43.2 Å². The van der Waals surface area contributed by atoms with Gasteiger partial charge in [-0.1, -0.05) is 35.0 Å². The molecule has 0 aliphatic carbocycles. The fraction of sp³-hybridized carbons (Fsp3) is 0.333. The van der Waals surface area contributed by atoms with E-state index in [-0.39, 0.29) is 0 Å². The van der Waals surface area contributed by atoms with Gasteiger partial charge in [0.2, 0.25) is 0 Å². The Morgan fingerprint density at radius 1 is 1.21 bits per heavy atom. The van der Waals surface area contributed by atoms with E-state index < -0.39 is 0 Å². The van der Waals surface area contributed by atoms with Crippen molar-refractivity contribution in [3.8, 4) is 0 Å². The number of hydrogen-bond donors (Lipinski definition) is 1. The lowest BCUT2D eigenvalue weighted by Gasteiger charge is -2.20. The van der Waals surface area contributed by atoms with Gasteiger partial charge in [0.15, 0.2) is 0 Å². The maximum absolute atomic E-state index is 3.62. The second-order valence-corrected chi connectivity index (χ2v) is 7.88. The number of likely N-dealkylation sites (N-methyl/N-ethyl adjacent to an activating group) is 1. The maximum atomic E-state index is 3.62. The Balaban J connectivity index is 2.26. The van der Waals surface area contributed by atoms with Gasteiger partial charge in [0.25, 0.3) is 0 Å². The van der Waals surface area contributed by atoms with Gasteiger partial charge in [-0.05, 0) is 58.7 Å². The first-order valence-electron chi connectivity index (χ1n) is 6.34. The van der Waals surface area contributed by atoms with Crippen LogP contribution in [0, 0.1) is 6.92 Å². The Morgan fingerprint density at radius 3 is 2.63 bits per heavy atom. The van der Waals surface area contributed by atoms with Crippen LogP contribution in [0.1, 0.15) is 29.0 Å². The Labute approximate surface area is 135 Å². The molecule has 0 saturated heterocycles. The Kier molecular flexibility index (Phi) is 5.63. The van der Waals surface area contributed by atoms with Crippen LogP contribution in [0.2, 0.25) is 0 Å². The van der Waals surface area contributed by atoms with Crippen LogP contribution in [-0.4, -0.2) is 6.54 Å². The molecule has 1 unspecified atom stereocenters. The summed E-state index contributed by atoms with van der Waals surface area (Å²) in [5.74, 6) is 0. The van der Waals surface area contributed by atoms with Gasteiger partial charge >= 0.3 is 0 Å².